The molecule has 1 aromatic carbocycles. The smallest absolute Gasteiger partial charge is 0.284 e. The van der Waals surface area contributed by atoms with E-state index in [1.54, 1.807) is 25.3 Å². The van der Waals surface area contributed by atoms with Crippen LogP contribution in [0.15, 0.2) is 56.7 Å². The van der Waals surface area contributed by atoms with Gasteiger partial charge < -0.3 is 19.1 Å². The van der Waals surface area contributed by atoms with E-state index in [2.05, 4.69) is 32.5 Å². The average Bonchev–Trinajstić information content (AvgIpc) is 3.41. The van der Waals surface area contributed by atoms with Crippen molar-refractivity contribution in [3.05, 3.63) is 42.7 Å². The van der Waals surface area contributed by atoms with E-state index in [1.807, 2.05) is 12.1 Å². The molecule has 1 aliphatic rings. The van der Waals surface area contributed by atoms with Crippen LogP contribution in [0.1, 0.15) is 26.2 Å². The van der Waals surface area contributed by atoms with Crippen LogP contribution >= 0.6 is 11.8 Å². The zero-order valence-electron chi connectivity index (χ0n) is 15.6. The minimum absolute atomic E-state index is 0.117. The fourth-order valence-corrected chi connectivity index (χ4v) is 3.80. The molecule has 0 saturated carbocycles. The van der Waals surface area contributed by atoms with E-state index in [1.165, 1.54) is 36.7 Å². The molecule has 0 spiro atoms. The molecular formula is C20H22N4O3S. The van der Waals surface area contributed by atoms with Gasteiger partial charge in [-0.15, -0.1) is 10.2 Å². The first-order valence-corrected chi connectivity index (χ1v) is 10.3. The van der Waals surface area contributed by atoms with Gasteiger partial charge in [-0.05, 0) is 62.6 Å². The molecule has 1 atom stereocenters. The number of rotatable bonds is 6. The first-order valence-electron chi connectivity index (χ1n) is 9.39. The number of nitrogens with zero attached hydrogens (tertiary/aromatic N) is 3. The molecule has 28 heavy (non-hydrogen) atoms. The second kappa shape index (κ2) is 8.52. The van der Waals surface area contributed by atoms with Gasteiger partial charge in [0, 0.05) is 24.5 Å². The average molecular weight is 398 g/mol. The maximum Gasteiger partial charge on any atom is 0.284 e. The minimum atomic E-state index is -0.383. The summed E-state index contributed by atoms with van der Waals surface area (Å²) >= 11 is 1.21. The predicted molar refractivity (Wildman–Crippen MR) is 108 cm³/mol. The van der Waals surface area contributed by atoms with Gasteiger partial charge in [0.15, 0.2) is 5.76 Å². The number of thioether (sulfide) groups is 1. The molecule has 4 rings (SSSR count). The van der Waals surface area contributed by atoms with Crippen LogP contribution < -0.4 is 10.2 Å². The van der Waals surface area contributed by atoms with E-state index in [4.69, 9.17) is 8.83 Å². The highest BCUT2D eigenvalue weighted by molar-refractivity contribution is 8.00. The van der Waals surface area contributed by atoms with Crippen LogP contribution in [0.25, 0.3) is 11.7 Å². The number of carbonyl (C=O) groups is 1. The summed E-state index contributed by atoms with van der Waals surface area (Å²) < 4.78 is 10.8. The number of furan rings is 1. The standard InChI is InChI=1S/C20H22N4O3S/c1-14(28-20-23-22-19(27-20)17-6-5-13-26-17)18(25)21-15-7-9-16(10-8-15)24-11-3-2-4-12-24/h5-10,13-14H,2-4,11-12H2,1H3,(H,21,25)/t14-/m1/s1. The number of anilines is 2. The molecule has 7 nitrogen and oxygen atoms in total. The monoisotopic (exact) mass is 398 g/mol. The normalized spacial score (nSPS) is 15.4. The highest BCUT2D eigenvalue weighted by Gasteiger charge is 2.20. The Morgan fingerprint density at radius 3 is 2.64 bits per heavy atom. The number of amides is 1. The zero-order chi connectivity index (χ0) is 19.3. The Hall–Kier alpha value is -2.74. The maximum absolute atomic E-state index is 12.5. The summed E-state index contributed by atoms with van der Waals surface area (Å²) in [6.07, 6.45) is 5.33. The Morgan fingerprint density at radius 2 is 1.93 bits per heavy atom. The van der Waals surface area contributed by atoms with E-state index in [-0.39, 0.29) is 11.2 Å². The fraction of sp³-hybridized carbons (Fsp3) is 0.350. The van der Waals surface area contributed by atoms with Crippen LogP contribution in [-0.2, 0) is 4.79 Å². The molecule has 0 aliphatic carbocycles. The van der Waals surface area contributed by atoms with Crippen molar-refractivity contribution >= 4 is 29.0 Å². The lowest BCUT2D eigenvalue weighted by atomic mass is 10.1. The van der Waals surface area contributed by atoms with E-state index in [0.717, 1.165) is 18.8 Å². The fourth-order valence-electron chi connectivity index (χ4n) is 3.11. The van der Waals surface area contributed by atoms with Gasteiger partial charge in [-0.25, -0.2) is 0 Å². The Labute approximate surface area is 167 Å². The number of benzene rings is 1. The summed E-state index contributed by atoms with van der Waals surface area (Å²) in [5, 5.41) is 10.8. The highest BCUT2D eigenvalue weighted by atomic mass is 32.2. The van der Waals surface area contributed by atoms with Crippen LogP contribution in [0.4, 0.5) is 11.4 Å². The number of hydrogen-bond acceptors (Lipinski definition) is 7. The van der Waals surface area contributed by atoms with E-state index in [9.17, 15) is 4.79 Å². The van der Waals surface area contributed by atoms with Crippen molar-refractivity contribution in [2.75, 3.05) is 23.3 Å². The number of nitrogens with one attached hydrogen (secondary N) is 1. The quantitative estimate of drug-likeness (QED) is 0.615. The van der Waals surface area contributed by atoms with Gasteiger partial charge in [0.25, 0.3) is 11.1 Å². The Bertz CT molecular complexity index is 902. The van der Waals surface area contributed by atoms with Crippen molar-refractivity contribution in [2.45, 2.75) is 36.7 Å². The number of hydrogen-bond donors (Lipinski definition) is 1. The summed E-state index contributed by atoms with van der Waals surface area (Å²) in [7, 11) is 0. The van der Waals surface area contributed by atoms with Crippen molar-refractivity contribution in [3.63, 3.8) is 0 Å². The largest absolute Gasteiger partial charge is 0.459 e. The molecule has 1 N–H and O–H groups in total. The zero-order valence-corrected chi connectivity index (χ0v) is 16.4. The maximum atomic E-state index is 12.5. The molecule has 3 aromatic rings. The number of carbonyl (C=O) groups excluding carboxylic acids is 1. The molecule has 1 saturated heterocycles. The van der Waals surface area contributed by atoms with Crippen LogP contribution in [0.3, 0.4) is 0 Å². The summed E-state index contributed by atoms with van der Waals surface area (Å²) in [6.45, 7) is 4.01. The van der Waals surface area contributed by atoms with Crippen molar-refractivity contribution in [1.82, 2.24) is 10.2 Å². The van der Waals surface area contributed by atoms with E-state index < -0.39 is 0 Å². The van der Waals surface area contributed by atoms with Crippen LogP contribution in [0, 0.1) is 0 Å². The van der Waals surface area contributed by atoms with Gasteiger partial charge in [-0.2, -0.15) is 0 Å². The van der Waals surface area contributed by atoms with E-state index >= 15 is 0 Å². The predicted octanol–water partition coefficient (Wildman–Crippen LogP) is 4.44. The van der Waals surface area contributed by atoms with Gasteiger partial charge in [-0.1, -0.05) is 11.8 Å². The summed E-state index contributed by atoms with van der Waals surface area (Å²) in [5.41, 5.74) is 1.98. The van der Waals surface area contributed by atoms with Crippen LogP contribution in [-0.4, -0.2) is 34.4 Å². The molecule has 0 bridgehead atoms. The third-order valence-electron chi connectivity index (χ3n) is 4.64. The SMILES string of the molecule is C[C@@H](Sc1nnc(-c2ccco2)o1)C(=O)Nc1ccc(N2CCCCC2)cc1. The molecule has 146 valence electrons. The lowest BCUT2D eigenvalue weighted by molar-refractivity contribution is -0.115. The second-order valence-corrected chi connectivity index (χ2v) is 7.99. The Balaban J connectivity index is 1.33. The molecule has 0 unspecified atom stereocenters. The summed E-state index contributed by atoms with van der Waals surface area (Å²) in [4.78, 5) is 14.9. The number of piperidine rings is 1. The molecule has 8 heteroatoms. The molecule has 2 aromatic heterocycles. The second-order valence-electron chi connectivity index (χ2n) is 6.69. The first-order chi connectivity index (χ1) is 13.7. The summed E-state index contributed by atoms with van der Waals surface area (Å²) in [5.74, 6) is 0.687. The van der Waals surface area contributed by atoms with E-state index in [0.29, 0.717) is 16.9 Å². The van der Waals surface area contributed by atoms with Crippen molar-refractivity contribution in [1.29, 1.82) is 0 Å². The highest BCUT2D eigenvalue weighted by Crippen LogP contribution is 2.27. The molecule has 1 aliphatic heterocycles. The summed E-state index contributed by atoms with van der Waals surface area (Å²) in [6, 6.07) is 11.5. The minimum Gasteiger partial charge on any atom is -0.459 e. The molecule has 3 heterocycles. The number of aromatic nitrogens is 2. The van der Waals surface area contributed by atoms with Gasteiger partial charge in [0.05, 0.1) is 11.5 Å². The van der Waals surface area contributed by atoms with Gasteiger partial charge >= 0.3 is 0 Å². The van der Waals surface area contributed by atoms with Crippen molar-refractivity contribution < 1.29 is 13.6 Å². The lowest BCUT2D eigenvalue weighted by Gasteiger charge is -2.28. The third kappa shape index (κ3) is 4.39. The molecular weight excluding hydrogens is 376 g/mol. The van der Waals surface area contributed by atoms with Crippen LogP contribution in [0.5, 0.6) is 0 Å². The van der Waals surface area contributed by atoms with Crippen LogP contribution in [0.2, 0.25) is 0 Å². The molecule has 1 amide bonds. The van der Waals surface area contributed by atoms with Gasteiger partial charge in [-0.3, -0.25) is 4.79 Å². The van der Waals surface area contributed by atoms with Crippen molar-refractivity contribution in [3.8, 4) is 11.7 Å². The van der Waals surface area contributed by atoms with Crippen molar-refractivity contribution in [2.24, 2.45) is 0 Å². The Kier molecular flexibility index (Phi) is 5.66. The third-order valence-corrected chi connectivity index (χ3v) is 5.58. The Morgan fingerprint density at radius 1 is 1.14 bits per heavy atom. The van der Waals surface area contributed by atoms with Gasteiger partial charge in [0.1, 0.15) is 0 Å². The van der Waals surface area contributed by atoms with Gasteiger partial charge in [0.2, 0.25) is 5.91 Å². The topological polar surface area (TPSA) is 84.4 Å². The molecule has 1 fully saturated rings. The first kappa shape index (κ1) is 18.6. The molecule has 0 radical (unpaired) electrons. The lowest BCUT2D eigenvalue weighted by Crippen LogP contribution is -2.29.